The molecule has 14 heteroatoms. The van der Waals surface area contributed by atoms with Crippen molar-refractivity contribution in [3.05, 3.63) is 17.1 Å². The van der Waals surface area contributed by atoms with Crippen LogP contribution in [0, 0.1) is 0 Å². The Bertz CT molecular complexity index is 883. The molecule has 150 valence electrons. The first-order valence-electron chi connectivity index (χ1n) is 7.80. The Morgan fingerprint density at radius 2 is 2.21 bits per heavy atom. The lowest BCUT2D eigenvalue weighted by molar-refractivity contribution is -0.151. The van der Waals surface area contributed by atoms with Crippen molar-refractivity contribution in [1.82, 2.24) is 19.6 Å². The molecule has 4 N–H and O–H groups in total. The van der Waals surface area contributed by atoms with Gasteiger partial charge in [-0.2, -0.15) is 9.36 Å². The van der Waals surface area contributed by atoms with Crippen LogP contribution in [0.1, 0.15) is 5.82 Å². The van der Waals surface area contributed by atoms with Crippen molar-refractivity contribution < 1.29 is 29.1 Å². The number of aliphatic hydroxyl groups excluding tert-OH is 1. The summed E-state index contributed by atoms with van der Waals surface area (Å²) >= 11 is 2.18. The molecule has 1 aromatic heterocycles. The zero-order chi connectivity index (χ0) is 20.4. The number of β-lactam (4-membered cyclic amide) rings is 1. The van der Waals surface area contributed by atoms with E-state index >= 15 is 0 Å². The molecule has 28 heavy (non-hydrogen) atoms. The largest absolute Gasteiger partial charge is 0.464 e. The number of amides is 2. The van der Waals surface area contributed by atoms with Gasteiger partial charge in [0.2, 0.25) is 11.5 Å². The van der Waals surface area contributed by atoms with E-state index in [9.17, 15) is 19.5 Å². The maximum atomic E-state index is 12.6. The number of methoxy groups -OCH3 is 1. The average Bonchev–Trinajstić information content (AvgIpc) is 3.13. The van der Waals surface area contributed by atoms with Crippen molar-refractivity contribution >= 4 is 51.9 Å². The van der Waals surface area contributed by atoms with Gasteiger partial charge in [-0.1, -0.05) is 5.16 Å². The molecule has 2 aliphatic heterocycles. The highest BCUT2D eigenvalue weighted by Gasteiger charge is 2.54. The van der Waals surface area contributed by atoms with Crippen molar-refractivity contribution in [2.24, 2.45) is 5.16 Å². The van der Waals surface area contributed by atoms with Crippen LogP contribution in [-0.4, -0.2) is 80.9 Å². The molecule has 3 heterocycles. The lowest BCUT2D eigenvalue weighted by Crippen LogP contribution is -2.71. The number of rotatable bonds is 6. The quantitative estimate of drug-likeness (QED) is 0.205. The van der Waals surface area contributed by atoms with Crippen molar-refractivity contribution in [1.29, 1.82) is 0 Å². The van der Waals surface area contributed by atoms with Gasteiger partial charge in [0.15, 0.2) is 5.13 Å². The molecule has 1 fully saturated rings. The molecule has 0 aromatic carbocycles. The van der Waals surface area contributed by atoms with Gasteiger partial charge >= 0.3 is 5.97 Å². The van der Waals surface area contributed by atoms with Gasteiger partial charge in [-0.15, -0.1) is 11.8 Å². The fourth-order valence-electron chi connectivity index (χ4n) is 2.71. The number of aliphatic hydroxyl groups is 1. The summed E-state index contributed by atoms with van der Waals surface area (Å²) in [6.45, 7) is -0.382. The SMILES string of the molecule is CO/N=C(/C(=O)NC1C(=O)N2C(C(=O)OC)=C(CO)CSC12)c1nsc(N)n1. The summed E-state index contributed by atoms with van der Waals surface area (Å²) in [5, 5.41) is 15.2. The summed E-state index contributed by atoms with van der Waals surface area (Å²) in [7, 11) is 2.44. The third kappa shape index (κ3) is 3.41. The van der Waals surface area contributed by atoms with Gasteiger partial charge in [0.05, 0.1) is 13.7 Å². The van der Waals surface area contributed by atoms with Crippen LogP contribution in [0.4, 0.5) is 5.13 Å². The maximum absolute atomic E-state index is 12.6. The minimum absolute atomic E-state index is 0.00368. The van der Waals surface area contributed by atoms with Crippen molar-refractivity contribution in [2.45, 2.75) is 11.4 Å². The van der Waals surface area contributed by atoms with Crippen LogP contribution in [0.25, 0.3) is 0 Å². The van der Waals surface area contributed by atoms with Crippen LogP contribution in [0.15, 0.2) is 16.4 Å². The van der Waals surface area contributed by atoms with E-state index in [0.29, 0.717) is 11.3 Å². The van der Waals surface area contributed by atoms with Crippen LogP contribution in [0.2, 0.25) is 0 Å². The number of hydrogen-bond acceptors (Lipinski definition) is 12. The smallest absolute Gasteiger partial charge is 0.354 e. The topological polar surface area (TPSA) is 169 Å². The normalized spacial score (nSPS) is 21.8. The highest BCUT2D eigenvalue weighted by molar-refractivity contribution is 8.00. The Morgan fingerprint density at radius 1 is 1.46 bits per heavy atom. The third-order valence-electron chi connectivity index (χ3n) is 3.95. The third-order valence-corrected chi connectivity index (χ3v) is 5.84. The molecule has 3 rings (SSSR count). The van der Waals surface area contributed by atoms with Crippen molar-refractivity contribution in [3.8, 4) is 0 Å². The minimum atomic E-state index is -0.907. The second kappa shape index (κ2) is 8.12. The van der Waals surface area contributed by atoms with E-state index in [1.54, 1.807) is 0 Å². The minimum Gasteiger partial charge on any atom is -0.464 e. The van der Waals surface area contributed by atoms with Gasteiger partial charge in [-0.25, -0.2) is 4.79 Å². The number of aromatic nitrogens is 2. The zero-order valence-electron chi connectivity index (χ0n) is 14.7. The summed E-state index contributed by atoms with van der Waals surface area (Å²) < 4.78 is 8.62. The molecular formula is C14H16N6O6S2. The second-order valence-electron chi connectivity index (χ2n) is 5.54. The molecule has 0 spiro atoms. The first-order valence-corrected chi connectivity index (χ1v) is 9.62. The first kappa shape index (κ1) is 20.0. The molecule has 0 aliphatic carbocycles. The average molecular weight is 428 g/mol. The van der Waals surface area contributed by atoms with Crippen LogP contribution >= 0.6 is 23.3 Å². The number of hydrogen-bond donors (Lipinski definition) is 3. The highest BCUT2D eigenvalue weighted by Crippen LogP contribution is 2.40. The van der Waals surface area contributed by atoms with E-state index in [-0.39, 0.29) is 29.0 Å². The van der Waals surface area contributed by atoms with Gasteiger partial charge in [0, 0.05) is 17.3 Å². The summed E-state index contributed by atoms with van der Waals surface area (Å²) in [6, 6.07) is -0.907. The summed E-state index contributed by atoms with van der Waals surface area (Å²) in [5.74, 6) is -1.68. The molecule has 0 bridgehead atoms. The van der Waals surface area contributed by atoms with Crippen LogP contribution in [0.5, 0.6) is 0 Å². The standard InChI is InChI=1S/C14H16N6O6S2/c1-25-13(24)8-5(3-21)4-27-12-7(11(23)20(8)12)16-10(22)6(18-26-2)9-17-14(15)28-19-9/h7,12,21H,3-4H2,1-2H3,(H,16,22)(H2,15,17,19)/b18-6+. The summed E-state index contributed by atoms with van der Waals surface area (Å²) in [4.78, 5) is 47.0. The Morgan fingerprint density at radius 3 is 2.79 bits per heavy atom. The summed E-state index contributed by atoms with van der Waals surface area (Å²) in [5.41, 5.74) is 5.68. The fraction of sp³-hybridized carbons (Fsp3) is 0.429. The molecule has 2 aliphatic rings. The van der Waals surface area contributed by atoms with Gasteiger partial charge in [0.1, 0.15) is 24.2 Å². The van der Waals surface area contributed by atoms with Crippen molar-refractivity contribution in [3.63, 3.8) is 0 Å². The van der Waals surface area contributed by atoms with Gasteiger partial charge in [-0.05, 0) is 5.57 Å². The number of carbonyl (C=O) groups excluding carboxylic acids is 3. The van der Waals surface area contributed by atoms with Gasteiger partial charge in [-0.3, -0.25) is 14.5 Å². The molecule has 0 radical (unpaired) electrons. The molecular weight excluding hydrogens is 412 g/mol. The number of anilines is 1. The number of nitrogens with two attached hydrogens (primary N) is 1. The molecule has 2 unspecified atom stereocenters. The second-order valence-corrected chi connectivity index (χ2v) is 7.43. The van der Waals surface area contributed by atoms with Crippen LogP contribution < -0.4 is 11.1 Å². The van der Waals surface area contributed by atoms with E-state index in [0.717, 1.165) is 11.5 Å². The van der Waals surface area contributed by atoms with Crippen molar-refractivity contribution in [2.75, 3.05) is 32.3 Å². The van der Waals surface area contributed by atoms with E-state index < -0.39 is 29.2 Å². The number of carbonyl (C=O) groups is 3. The number of esters is 1. The number of ether oxygens (including phenoxy) is 1. The molecule has 12 nitrogen and oxygen atoms in total. The number of nitrogens with one attached hydrogen (secondary N) is 1. The molecule has 2 atom stereocenters. The number of oxime groups is 1. The highest BCUT2D eigenvalue weighted by atomic mass is 32.2. The number of nitrogens with zero attached hydrogens (tertiary/aromatic N) is 4. The Kier molecular flexibility index (Phi) is 5.81. The Labute approximate surface area is 166 Å². The van der Waals surface area contributed by atoms with Crippen LogP contribution in [0.3, 0.4) is 0 Å². The molecule has 1 aromatic rings. The van der Waals surface area contributed by atoms with Gasteiger partial charge in [0.25, 0.3) is 11.8 Å². The lowest BCUT2D eigenvalue weighted by Gasteiger charge is -2.49. The van der Waals surface area contributed by atoms with E-state index in [2.05, 4.69) is 24.7 Å². The van der Waals surface area contributed by atoms with E-state index in [1.165, 1.54) is 30.9 Å². The fourth-order valence-corrected chi connectivity index (χ4v) is 4.48. The number of nitrogen functional groups attached to an aromatic ring is 1. The monoisotopic (exact) mass is 428 g/mol. The molecule has 0 saturated carbocycles. The Hall–Kier alpha value is -2.71. The molecule has 1 saturated heterocycles. The first-order chi connectivity index (χ1) is 13.4. The Balaban J connectivity index is 1.79. The number of thioether (sulfide) groups is 1. The van der Waals surface area contributed by atoms with Gasteiger partial charge < -0.3 is 25.7 Å². The predicted octanol–water partition coefficient (Wildman–Crippen LogP) is -1.71. The van der Waals surface area contributed by atoms with E-state index in [1.807, 2.05) is 0 Å². The zero-order valence-corrected chi connectivity index (χ0v) is 16.4. The maximum Gasteiger partial charge on any atom is 0.354 e. The predicted molar refractivity (Wildman–Crippen MR) is 99.0 cm³/mol. The van der Waals surface area contributed by atoms with Crippen LogP contribution in [-0.2, 0) is 24.0 Å². The lowest BCUT2D eigenvalue weighted by atomic mass is 10.0. The summed E-state index contributed by atoms with van der Waals surface area (Å²) in [6.07, 6.45) is 0. The molecule has 2 amide bonds. The number of fused-ring (bicyclic) bond motifs is 1. The van der Waals surface area contributed by atoms with E-state index in [4.69, 9.17) is 10.5 Å².